The van der Waals surface area contributed by atoms with Gasteiger partial charge in [-0.1, -0.05) is 13.8 Å². The summed E-state index contributed by atoms with van der Waals surface area (Å²) >= 11 is 1.66. The van der Waals surface area contributed by atoms with Crippen LogP contribution in [0.15, 0.2) is 6.07 Å². The van der Waals surface area contributed by atoms with Crippen LogP contribution in [0.25, 0.3) is 0 Å². The zero-order chi connectivity index (χ0) is 18.9. The monoisotopic (exact) mass is 392 g/mol. The van der Waals surface area contributed by atoms with Crippen molar-refractivity contribution in [3.63, 3.8) is 0 Å². The van der Waals surface area contributed by atoms with Gasteiger partial charge in [-0.2, -0.15) is 0 Å². The summed E-state index contributed by atoms with van der Waals surface area (Å²) in [6.45, 7) is 10.9. The molecule has 1 N–H and O–H groups in total. The number of piperidine rings is 1. The highest BCUT2D eigenvalue weighted by atomic mass is 32.1. The van der Waals surface area contributed by atoms with Gasteiger partial charge in [-0.15, -0.1) is 11.3 Å². The lowest BCUT2D eigenvalue weighted by Gasteiger charge is -2.44. The van der Waals surface area contributed by atoms with E-state index >= 15 is 0 Å². The van der Waals surface area contributed by atoms with Gasteiger partial charge in [0, 0.05) is 37.7 Å². The van der Waals surface area contributed by atoms with Crippen LogP contribution < -0.4 is 5.32 Å². The summed E-state index contributed by atoms with van der Waals surface area (Å²) in [5.74, 6) is 1.23. The van der Waals surface area contributed by atoms with E-state index in [0.717, 1.165) is 70.1 Å². The van der Waals surface area contributed by atoms with E-state index < -0.39 is 0 Å². The van der Waals surface area contributed by atoms with Gasteiger partial charge in [0.1, 0.15) is 5.60 Å². The zero-order valence-electron chi connectivity index (χ0n) is 16.6. The van der Waals surface area contributed by atoms with Gasteiger partial charge in [-0.05, 0) is 49.1 Å². The van der Waals surface area contributed by atoms with E-state index in [-0.39, 0.29) is 11.5 Å². The first-order chi connectivity index (χ1) is 13.1. The van der Waals surface area contributed by atoms with Crippen molar-refractivity contribution in [2.45, 2.75) is 45.1 Å². The van der Waals surface area contributed by atoms with Gasteiger partial charge in [0.15, 0.2) is 0 Å². The predicted molar refractivity (Wildman–Crippen MR) is 107 cm³/mol. The van der Waals surface area contributed by atoms with Crippen LogP contribution in [0.1, 0.15) is 53.2 Å². The third-order valence-corrected chi connectivity index (χ3v) is 7.43. The zero-order valence-corrected chi connectivity index (χ0v) is 17.4. The number of hydrogen-bond donors (Lipinski definition) is 1. The lowest BCUT2D eigenvalue weighted by Crippen LogP contribution is -2.47. The molecule has 4 heterocycles. The largest absolute Gasteiger partial charge is 0.381 e. The van der Waals surface area contributed by atoms with Crippen molar-refractivity contribution >= 4 is 17.2 Å². The molecular formula is C21H32N2O3S. The van der Waals surface area contributed by atoms with Gasteiger partial charge >= 0.3 is 0 Å². The topological polar surface area (TPSA) is 50.8 Å². The summed E-state index contributed by atoms with van der Waals surface area (Å²) in [5, 5.41) is 3.06. The highest BCUT2D eigenvalue weighted by Gasteiger charge is 2.43. The second-order valence-corrected chi connectivity index (χ2v) is 9.74. The fourth-order valence-corrected chi connectivity index (χ4v) is 5.81. The van der Waals surface area contributed by atoms with Crippen LogP contribution in [0, 0.1) is 11.8 Å². The van der Waals surface area contributed by atoms with Gasteiger partial charge in [0.05, 0.1) is 18.1 Å². The minimum atomic E-state index is -0.169. The first-order valence-corrected chi connectivity index (χ1v) is 11.2. The number of likely N-dealkylation sites (tertiary alicyclic amines) is 1. The van der Waals surface area contributed by atoms with E-state index in [9.17, 15) is 4.79 Å². The van der Waals surface area contributed by atoms with Crippen LogP contribution in [0.2, 0.25) is 0 Å². The Labute approximate surface area is 166 Å². The molecule has 1 atom stereocenters. The Morgan fingerprint density at radius 3 is 2.89 bits per heavy atom. The quantitative estimate of drug-likeness (QED) is 0.837. The van der Waals surface area contributed by atoms with Gasteiger partial charge in [-0.3, -0.25) is 4.79 Å². The Morgan fingerprint density at radius 2 is 2.19 bits per heavy atom. The highest BCUT2D eigenvalue weighted by molar-refractivity contribution is 7.14. The molecule has 1 aromatic rings. The molecule has 0 aromatic carbocycles. The summed E-state index contributed by atoms with van der Waals surface area (Å²) in [6.07, 6.45) is 4.18. The summed E-state index contributed by atoms with van der Waals surface area (Å²) in [4.78, 5) is 17.3. The van der Waals surface area contributed by atoms with Crippen molar-refractivity contribution in [3.8, 4) is 0 Å². The molecule has 4 rings (SSSR count). The Kier molecular flexibility index (Phi) is 5.88. The van der Waals surface area contributed by atoms with Crippen molar-refractivity contribution in [1.82, 2.24) is 10.2 Å². The number of fused-ring (bicyclic) bond motifs is 2. The number of hydrogen-bond acceptors (Lipinski definition) is 5. The third kappa shape index (κ3) is 4.24. The van der Waals surface area contributed by atoms with Crippen LogP contribution in [-0.4, -0.2) is 56.8 Å². The molecule has 3 aliphatic heterocycles. The summed E-state index contributed by atoms with van der Waals surface area (Å²) < 4.78 is 11.9. The highest BCUT2D eigenvalue weighted by Crippen LogP contribution is 2.45. The van der Waals surface area contributed by atoms with Crippen molar-refractivity contribution in [3.05, 3.63) is 21.4 Å². The second kappa shape index (κ2) is 8.19. The molecule has 5 nitrogen and oxygen atoms in total. The molecule has 0 bridgehead atoms. The van der Waals surface area contributed by atoms with Crippen molar-refractivity contribution in [2.24, 2.45) is 11.8 Å². The second-order valence-electron chi connectivity index (χ2n) is 8.69. The number of carbonyl (C=O) groups excluding carboxylic acids is 1. The van der Waals surface area contributed by atoms with Crippen molar-refractivity contribution in [1.29, 1.82) is 0 Å². The van der Waals surface area contributed by atoms with Crippen LogP contribution in [0.3, 0.4) is 0 Å². The predicted octanol–water partition coefficient (Wildman–Crippen LogP) is 3.03. The minimum absolute atomic E-state index is 0.0666. The van der Waals surface area contributed by atoms with Gasteiger partial charge < -0.3 is 19.7 Å². The van der Waals surface area contributed by atoms with Crippen LogP contribution in [-0.2, 0) is 21.5 Å². The molecule has 2 saturated heterocycles. The molecule has 6 heteroatoms. The number of ether oxygens (including phenoxy) is 2. The number of nitrogens with zero attached hydrogens (tertiary/aromatic N) is 1. The molecule has 0 saturated carbocycles. The fraction of sp³-hybridized carbons (Fsp3) is 0.762. The van der Waals surface area contributed by atoms with Crippen molar-refractivity contribution < 1.29 is 14.3 Å². The average molecular weight is 393 g/mol. The number of thiophene rings is 1. The lowest BCUT2D eigenvalue weighted by molar-refractivity contribution is -0.0963. The SMILES string of the molecule is CC(C)CNC(=O)c1cc2c(s1)C1(CCN(CC3CCOC3)CC1)OCC2. The Hall–Kier alpha value is -0.950. The molecule has 150 valence electrons. The Bertz CT molecular complexity index is 658. The molecule has 0 aliphatic carbocycles. The number of carbonyl (C=O) groups is 1. The first kappa shape index (κ1) is 19.4. The van der Waals surface area contributed by atoms with Gasteiger partial charge in [0.2, 0.25) is 0 Å². The lowest BCUT2D eigenvalue weighted by atomic mass is 9.85. The molecule has 1 aromatic heterocycles. The Balaban J connectivity index is 1.43. The van der Waals surface area contributed by atoms with Crippen LogP contribution in [0.5, 0.6) is 0 Å². The number of amides is 1. The summed E-state index contributed by atoms with van der Waals surface area (Å²) in [5.41, 5.74) is 1.16. The van der Waals surface area contributed by atoms with E-state index in [4.69, 9.17) is 9.47 Å². The van der Waals surface area contributed by atoms with Gasteiger partial charge in [-0.25, -0.2) is 0 Å². The smallest absolute Gasteiger partial charge is 0.261 e. The molecule has 3 aliphatic rings. The maximum absolute atomic E-state index is 12.5. The third-order valence-electron chi connectivity index (χ3n) is 6.07. The molecule has 1 amide bonds. The molecule has 1 spiro atoms. The summed E-state index contributed by atoms with van der Waals surface area (Å²) in [7, 11) is 0. The maximum atomic E-state index is 12.5. The average Bonchev–Trinajstić information content (AvgIpc) is 3.32. The van der Waals surface area contributed by atoms with E-state index in [1.807, 2.05) is 0 Å². The van der Waals surface area contributed by atoms with Crippen LogP contribution in [0.4, 0.5) is 0 Å². The molecule has 2 fully saturated rings. The molecule has 0 radical (unpaired) electrons. The first-order valence-electron chi connectivity index (χ1n) is 10.4. The molecular weight excluding hydrogens is 360 g/mol. The van der Waals surface area contributed by atoms with Crippen LogP contribution >= 0.6 is 11.3 Å². The maximum Gasteiger partial charge on any atom is 0.261 e. The molecule has 27 heavy (non-hydrogen) atoms. The van der Waals surface area contributed by atoms with E-state index in [1.165, 1.54) is 16.9 Å². The van der Waals surface area contributed by atoms with Crippen molar-refractivity contribution in [2.75, 3.05) is 46.0 Å². The standard InChI is InChI=1S/C21H32N2O3S/c1-15(2)12-22-20(24)18-11-17-4-10-26-21(19(17)27-18)5-7-23(8-6-21)13-16-3-9-25-14-16/h11,15-16H,3-10,12-14H2,1-2H3,(H,22,24). The minimum Gasteiger partial charge on any atom is -0.381 e. The molecule has 1 unspecified atom stereocenters. The normalized spacial score (nSPS) is 25.1. The van der Waals surface area contributed by atoms with Gasteiger partial charge in [0.25, 0.3) is 5.91 Å². The van der Waals surface area contributed by atoms with E-state index in [0.29, 0.717) is 11.8 Å². The van der Waals surface area contributed by atoms with E-state index in [1.54, 1.807) is 11.3 Å². The fourth-order valence-electron chi connectivity index (χ4n) is 4.48. The Morgan fingerprint density at radius 1 is 1.37 bits per heavy atom. The number of rotatable bonds is 5. The summed E-state index contributed by atoms with van der Waals surface area (Å²) in [6, 6.07) is 2.11. The number of nitrogens with one attached hydrogen (secondary N) is 1. The van der Waals surface area contributed by atoms with E-state index in [2.05, 4.69) is 30.1 Å².